The van der Waals surface area contributed by atoms with Gasteiger partial charge in [-0.05, 0) is 39.2 Å². The first-order valence-electron chi connectivity index (χ1n) is 8.66. The molecule has 0 aromatic heterocycles. The van der Waals surface area contributed by atoms with Crippen LogP contribution in [0.1, 0.15) is 27.2 Å². The van der Waals surface area contributed by atoms with Crippen LogP contribution in [0.3, 0.4) is 0 Å². The Labute approximate surface area is 167 Å². The van der Waals surface area contributed by atoms with Crippen LogP contribution in [0.4, 0.5) is 0 Å². The van der Waals surface area contributed by atoms with Gasteiger partial charge >= 0.3 is 5.97 Å². The van der Waals surface area contributed by atoms with Crippen LogP contribution >= 0.6 is 11.8 Å². The fourth-order valence-corrected chi connectivity index (χ4v) is 2.49. The van der Waals surface area contributed by atoms with Gasteiger partial charge in [-0.3, -0.25) is 19.2 Å². The third-order valence-corrected chi connectivity index (χ3v) is 4.50. The van der Waals surface area contributed by atoms with E-state index < -0.39 is 60.1 Å². The molecular formula is C16H30N4O7S. The Bertz CT molecular complexity index is 559. The number of nitrogens with one attached hydrogen (secondary N) is 3. The van der Waals surface area contributed by atoms with Gasteiger partial charge in [0.25, 0.3) is 0 Å². The van der Waals surface area contributed by atoms with Crippen LogP contribution < -0.4 is 21.7 Å². The summed E-state index contributed by atoms with van der Waals surface area (Å²) < 4.78 is 0. The average Bonchev–Trinajstić information content (AvgIpc) is 2.61. The van der Waals surface area contributed by atoms with Crippen molar-refractivity contribution in [1.82, 2.24) is 16.0 Å². The second-order valence-corrected chi connectivity index (χ2v) is 7.39. The molecule has 0 aliphatic heterocycles. The van der Waals surface area contributed by atoms with Gasteiger partial charge in [0.15, 0.2) is 0 Å². The molecule has 0 aliphatic rings. The Hall–Kier alpha value is -1.89. The Balaban J connectivity index is 5.23. The van der Waals surface area contributed by atoms with Gasteiger partial charge in [0.05, 0.1) is 12.2 Å². The predicted octanol–water partition coefficient (Wildman–Crippen LogP) is -2.61. The van der Waals surface area contributed by atoms with E-state index in [2.05, 4.69) is 16.0 Å². The Morgan fingerprint density at radius 2 is 1.50 bits per heavy atom. The van der Waals surface area contributed by atoms with Crippen molar-refractivity contribution in [1.29, 1.82) is 0 Å². The highest BCUT2D eigenvalue weighted by atomic mass is 32.2. The highest BCUT2D eigenvalue weighted by Crippen LogP contribution is 2.04. The van der Waals surface area contributed by atoms with E-state index in [-0.39, 0.29) is 6.42 Å². The van der Waals surface area contributed by atoms with E-state index in [0.717, 1.165) is 0 Å². The summed E-state index contributed by atoms with van der Waals surface area (Å²) in [6.07, 6.45) is -0.478. The number of amides is 3. The molecule has 6 atom stereocenters. The number of aliphatic hydroxyl groups excluding tert-OH is 2. The number of nitrogens with two attached hydrogens (primary N) is 1. The zero-order valence-corrected chi connectivity index (χ0v) is 17.2. The van der Waals surface area contributed by atoms with Crippen molar-refractivity contribution < 1.29 is 34.5 Å². The first kappa shape index (κ1) is 26.1. The van der Waals surface area contributed by atoms with Gasteiger partial charge < -0.3 is 37.0 Å². The van der Waals surface area contributed by atoms with Crippen molar-refractivity contribution in [3.63, 3.8) is 0 Å². The van der Waals surface area contributed by atoms with Crippen LogP contribution in [0.2, 0.25) is 0 Å². The van der Waals surface area contributed by atoms with Gasteiger partial charge in [-0.15, -0.1) is 0 Å². The maximum absolute atomic E-state index is 12.5. The summed E-state index contributed by atoms with van der Waals surface area (Å²) >= 11 is 1.42. The molecule has 0 rings (SSSR count). The normalized spacial score (nSPS) is 17.4. The molecule has 0 aromatic carbocycles. The van der Waals surface area contributed by atoms with Crippen LogP contribution in [0, 0.1) is 0 Å². The third-order valence-electron chi connectivity index (χ3n) is 3.86. The van der Waals surface area contributed by atoms with Gasteiger partial charge in [-0.2, -0.15) is 11.8 Å². The van der Waals surface area contributed by atoms with Gasteiger partial charge in [0.2, 0.25) is 17.7 Å². The molecule has 3 amide bonds. The molecule has 0 radical (unpaired) electrons. The molecule has 12 heteroatoms. The number of aliphatic carboxylic acids is 1. The molecule has 0 spiro atoms. The smallest absolute Gasteiger partial charge is 0.325 e. The van der Waals surface area contributed by atoms with Crippen LogP contribution in [0.5, 0.6) is 0 Å². The second-order valence-electron chi connectivity index (χ2n) is 6.40. The fourth-order valence-electron chi connectivity index (χ4n) is 2.02. The summed E-state index contributed by atoms with van der Waals surface area (Å²) in [6, 6.07) is -4.94. The van der Waals surface area contributed by atoms with Gasteiger partial charge in [-0.25, -0.2) is 0 Å². The lowest BCUT2D eigenvalue weighted by molar-refractivity contribution is -0.142. The van der Waals surface area contributed by atoms with Gasteiger partial charge in [0.1, 0.15) is 24.2 Å². The van der Waals surface area contributed by atoms with Crippen molar-refractivity contribution >= 4 is 35.5 Å². The quantitative estimate of drug-likeness (QED) is 0.176. The number of carbonyl (C=O) groups is 4. The van der Waals surface area contributed by atoms with E-state index in [1.807, 2.05) is 0 Å². The van der Waals surface area contributed by atoms with E-state index >= 15 is 0 Å². The van der Waals surface area contributed by atoms with Gasteiger partial charge in [-0.1, -0.05) is 0 Å². The number of aliphatic hydroxyl groups is 2. The molecule has 0 fully saturated rings. The number of carbonyl (C=O) groups excluding carboxylic acids is 3. The maximum atomic E-state index is 12.5. The minimum Gasteiger partial charge on any atom is -0.480 e. The number of hydrogen-bond acceptors (Lipinski definition) is 8. The molecule has 0 saturated carbocycles. The molecule has 28 heavy (non-hydrogen) atoms. The lowest BCUT2D eigenvalue weighted by atomic mass is 10.1. The third kappa shape index (κ3) is 8.87. The van der Waals surface area contributed by atoms with Crippen molar-refractivity contribution in [2.24, 2.45) is 5.73 Å². The minimum atomic E-state index is -1.42. The number of carboxylic acids is 1. The van der Waals surface area contributed by atoms with Crippen molar-refractivity contribution in [3.8, 4) is 0 Å². The molecule has 0 saturated heterocycles. The molecule has 8 N–H and O–H groups in total. The molecule has 0 heterocycles. The molecule has 0 bridgehead atoms. The SMILES string of the molecule is CSCCC(NC(=O)C(NC(=O)C(N)C(C)O)C(C)O)C(=O)NC(C)C(=O)O. The van der Waals surface area contributed by atoms with Gasteiger partial charge in [0, 0.05) is 0 Å². The Kier molecular flexibility index (Phi) is 11.7. The van der Waals surface area contributed by atoms with Crippen LogP contribution in [0.25, 0.3) is 0 Å². The number of thioether (sulfide) groups is 1. The monoisotopic (exact) mass is 422 g/mol. The summed E-state index contributed by atoms with van der Waals surface area (Å²) in [4.78, 5) is 47.7. The minimum absolute atomic E-state index is 0.207. The van der Waals surface area contributed by atoms with E-state index in [4.69, 9.17) is 10.8 Å². The fraction of sp³-hybridized carbons (Fsp3) is 0.750. The predicted molar refractivity (Wildman–Crippen MR) is 103 cm³/mol. The number of carboxylic acid groups (broad SMARTS) is 1. The molecule has 0 aromatic rings. The average molecular weight is 423 g/mol. The summed E-state index contributed by atoms with van der Waals surface area (Å²) in [5.74, 6) is -3.12. The number of rotatable bonds is 12. The van der Waals surface area contributed by atoms with E-state index in [1.165, 1.54) is 32.5 Å². The Morgan fingerprint density at radius 3 is 1.93 bits per heavy atom. The second kappa shape index (κ2) is 12.5. The van der Waals surface area contributed by atoms with Crippen LogP contribution in [0.15, 0.2) is 0 Å². The zero-order valence-electron chi connectivity index (χ0n) is 16.3. The summed E-state index contributed by atoms with van der Waals surface area (Å²) in [7, 11) is 0. The summed E-state index contributed by atoms with van der Waals surface area (Å²) in [5.41, 5.74) is 5.51. The molecular weight excluding hydrogens is 392 g/mol. The van der Waals surface area contributed by atoms with Crippen molar-refractivity contribution in [2.75, 3.05) is 12.0 Å². The number of hydrogen-bond donors (Lipinski definition) is 7. The topological polar surface area (TPSA) is 191 Å². The van der Waals surface area contributed by atoms with E-state index in [1.54, 1.807) is 6.26 Å². The first-order valence-corrected chi connectivity index (χ1v) is 10.1. The largest absolute Gasteiger partial charge is 0.480 e. The van der Waals surface area contributed by atoms with Crippen molar-refractivity contribution in [2.45, 2.75) is 63.6 Å². The maximum Gasteiger partial charge on any atom is 0.325 e. The molecule has 0 aliphatic carbocycles. The molecule has 162 valence electrons. The molecule has 11 nitrogen and oxygen atoms in total. The van der Waals surface area contributed by atoms with Crippen molar-refractivity contribution in [3.05, 3.63) is 0 Å². The van der Waals surface area contributed by atoms with E-state index in [9.17, 15) is 29.4 Å². The summed E-state index contributed by atoms with van der Waals surface area (Å²) in [5, 5.41) is 35.0. The first-order chi connectivity index (χ1) is 12.9. The van der Waals surface area contributed by atoms with E-state index in [0.29, 0.717) is 5.75 Å². The highest BCUT2D eigenvalue weighted by molar-refractivity contribution is 7.98. The highest BCUT2D eigenvalue weighted by Gasteiger charge is 2.32. The van der Waals surface area contributed by atoms with Crippen LogP contribution in [-0.2, 0) is 19.2 Å². The zero-order chi connectivity index (χ0) is 22.0. The molecule has 6 unspecified atom stereocenters. The lowest BCUT2D eigenvalue weighted by Crippen LogP contribution is -2.60. The lowest BCUT2D eigenvalue weighted by Gasteiger charge is -2.26. The van der Waals surface area contributed by atoms with Crippen LogP contribution in [-0.4, -0.2) is 87.4 Å². The summed E-state index contributed by atoms with van der Waals surface area (Å²) in [6.45, 7) is 3.85. The standard InChI is InChI=1S/C16H30N4O7S/c1-7(16(26)27)18-13(23)10(5-6-28-4)19-15(25)12(9(3)22)20-14(24)11(17)8(2)21/h7-12,21-22H,5-6,17H2,1-4H3,(H,18,23)(H,19,25)(H,20,24)(H,26,27). The Morgan fingerprint density at radius 1 is 0.929 bits per heavy atom.